The van der Waals surface area contributed by atoms with Gasteiger partial charge in [-0.3, -0.25) is 0 Å². The molecule has 188 valence electrons. The van der Waals surface area contributed by atoms with E-state index in [2.05, 4.69) is 29.6 Å². The molecule has 0 bridgehead atoms. The lowest BCUT2D eigenvalue weighted by Gasteiger charge is -2.25. The Kier molecular flexibility index (Phi) is 6.70. The minimum atomic E-state index is -0.879. The van der Waals surface area contributed by atoms with Crippen molar-refractivity contribution in [2.45, 2.75) is 44.8 Å². The van der Waals surface area contributed by atoms with Crippen LogP contribution >= 0.6 is 0 Å². The molecule has 37 heavy (non-hydrogen) atoms. The maximum absolute atomic E-state index is 13.1. The Labute approximate surface area is 217 Å². The van der Waals surface area contributed by atoms with E-state index in [4.69, 9.17) is 9.47 Å². The molecule has 0 spiro atoms. The minimum Gasteiger partial charge on any atom is -0.458 e. The highest BCUT2D eigenvalue weighted by Gasteiger charge is 2.31. The zero-order valence-corrected chi connectivity index (χ0v) is 21.4. The number of fused-ring (bicyclic) bond motifs is 4. The molecule has 1 atom stereocenters. The molecule has 4 aromatic carbocycles. The lowest BCUT2D eigenvalue weighted by Crippen LogP contribution is -2.46. The van der Waals surface area contributed by atoms with Gasteiger partial charge in [0.05, 0.1) is 0 Å². The van der Waals surface area contributed by atoms with Crippen LogP contribution in [-0.2, 0) is 20.7 Å². The van der Waals surface area contributed by atoms with Gasteiger partial charge in [0, 0.05) is 12.3 Å². The minimum absolute atomic E-state index is 0.0568. The highest BCUT2D eigenvalue weighted by molar-refractivity contribution is 5.85. The van der Waals surface area contributed by atoms with Crippen LogP contribution in [0.5, 0.6) is 0 Å². The van der Waals surface area contributed by atoms with Gasteiger partial charge in [-0.1, -0.05) is 91.0 Å². The Morgan fingerprint density at radius 3 is 2.05 bits per heavy atom. The number of carbonyl (C=O) groups is 2. The number of hydrogen-bond acceptors (Lipinski definition) is 4. The Morgan fingerprint density at radius 1 is 0.811 bits per heavy atom. The Bertz CT molecular complexity index is 1410. The number of alkyl carbamates (subject to hydrolysis) is 1. The van der Waals surface area contributed by atoms with Crippen molar-refractivity contribution in [3.05, 3.63) is 108 Å². The maximum atomic E-state index is 13.1. The second-order valence-corrected chi connectivity index (χ2v) is 10.4. The number of esters is 1. The lowest BCUT2D eigenvalue weighted by molar-refractivity contribution is -0.157. The number of carbonyl (C=O) groups excluding carboxylic acids is 2. The number of amides is 1. The summed E-state index contributed by atoms with van der Waals surface area (Å²) in [6, 6.07) is 29.6. The van der Waals surface area contributed by atoms with Crippen molar-refractivity contribution in [1.29, 1.82) is 0 Å². The van der Waals surface area contributed by atoms with Crippen LogP contribution in [-0.4, -0.2) is 30.3 Å². The molecule has 5 heteroatoms. The van der Waals surface area contributed by atoms with E-state index in [-0.39, 0.29) is 12.5 Å². The van der Waals surface area contributed by atoms with Gasteiger partial charge >= 0.3 is 12.1 Å². The number of ether oxygens (including phenoxy) is 2. The van der Waals surface area contributed by atoms with Crippen LogP contribution in [0.3, 0.4) is 0 Å². The van der Waals surface area contributed by atoms with Crippen molar-refractivity contribution in [2.75, 3.05) is 6.61 Å². The normalized spacial score (nSPS) is 13.5. The summed E-state index contributed by atoms with van der Waals surface area (Å²) in [5.41, 5.74) is 4.84. The fourth-order valence-corrected chi connectivity index (χ4v) is 4.95. The van der Waals surface area contributed by atoms with Crippen LogP contribution < -0.4 is 5.32 Å². The molecule has 1 amide bonds. The van der Waals surface area contributed by atoms with Gasteiger partial charge in [0.15, 0.2) is 0 Å². The Morgan fingerprint density at radius 2 is 1.41 bits per heavy atom. The molecule has 0 fully saturated rings. The summed E-state index contributed by atoms with van der Waals surface area (Å²) in [6.45, 7) is 5.61. The second-order valence-electron chi connectivity index (χ2n) is 10.4. The molecule has 0 saturated heterocycles. The van der Waals surface area contributed by atoms with Gasteiger partial charge in [-0.2, -0.15) is 0 Å². The summed E-state index contributed by atoms with van der Waals surface area (Å²) in [5.74, 6) is -0.548. The first kappa shape index (κ1) is 24.6. The van der Waals surface area contributed by atoms with E-state index in [1.807, 2.05) is 87.5 Å². The van der Waals surface area contributed by atoms with E-state index >= 15 is 0 Å². The zero-order valence-electron chi connectivity index (χ0n) is 21.4. The molecule has 0 aromatic heterocycles. The Balaban J connectivity index is 1.31. The van der Waals surface area contributed by atoms with Crippen molar-refractivity contribution in [3.63, 3.8) is 0 Å². The average molecular weight is 494 g/mol. The summed E-state index contributed by atoms with van der Waals surface area (Å²) >= 11 is 0. The predicted octanol–water partition coefficient (Wildman–Crippen LogP) is 6.63. The summed E-state index contributed by atoms with van der Waals surface area (Å²) < 4.78 is 11.3. The maximum Gasteiger partial charge on any atom is 0.407 e. The predicted molar refractivity (Wildman–Crippen MR) is 145 cm³/mol. The molecule has 0 aliphatic heterocycles. The van der Waals surface area contributed by atoms with Crippen molar-refractivity contribution in [1.82, 2.24) is 5.32 Å². The van der Waals surface area contributed by atoms with Crippen molar-refractivity contribution in [3.8, 4) is 11.1 Å². The molecule has 1 N–H and O–H groups in total. The monoisotopic (exact) mass is 493 g/mol. The van der Waals surface area contributed by atoms with Crippen LogP contribution in [0.1, 0.15) is 43.4 Å². The van der Waals surface area contributed by atoms with Crippen molar-refractivity contribution in [2.24, 2.45) is 0 Å². The summed E-state index contributed by atoms with van der Waals surface area (Å²) in [6.07, 6.45) is -0.345. The first-order valence-electron chi connectivity index (χ1n) is 12.6. The van der Waals surface area contributed by atoms with Gasteiger partial charge in [0.1, 0.15) is 18.2 Å². The van der Waals surface area contributed by atoms with Gasteiger partial charge in [-0.25, -0.2) is 9.59 Å². The highest BCUT2D eigenvalue weighted by Crippen LogP contribution is 2.44. The first-order valence-corrected chi connectivity index (χ1v) is 12.6. The number of hydrogen-bond donors (Lipinski definition) is 1. The molecular formula is C32H31NO4. The summed E-state index contributed by atoms with van der Waals surface area (Å²) in [7, 11) is 0. The lowest BCUT2D eigenvalue weighted by atomic mass is 9.98. The summed E-state index contributed by atoms with van der Waals surface area (Å²) in [4.78, 5) is 26.0. The largest absolute Gasteiger partial charge is 0.458 e. The fraction of sp³-hybridized carbons (Fsp3) is 0.250. The highest BCUT2D eigenvalue weighted by atomic mass is 16.6. The third-order valence-electron chi connectivity index (χ3n) is 6.58. The second kappa shape index (κ2) is 10.1. The molecule has 0 unspecified atom stereocenters. The molecule has 1 aliphatic carbocycles. The van der Waals surface area contributed by atoms with Crippen LogP contribution in [0.4, 0.5) is 4.79 Å². The molecule has 0 saturated carbocycles. The molecular weight excluding hydrogens is 462 g/mol. The van der Waals surface area contributed by atoms with E-state index in [9.17, 15) is 9.59 Å². The SMILES string of the molecule is CC(C)(C)OC(=O)[C@H](Cc1ccc2ccccc2c1)NC(=O)OCC1c2ccccc2-c2ccccc21. The molecule has 5 rings (SSSR count). The van der Waals surface area contributed by atoms with Gasteiger partial charge in [0.2, 0.25) is 0 Å². The molecule has 0 radical (unpaired) electrons. The first-order chi connectivity index (χ1) is 17.8. The van der Waals surface area contributed by atoms with E-state index < -0.39 is 23.7 Å². The summed E-state index contributed by atoms with van der Waals surface area (Å²) in [5, 5.41) is 4.96. The van der Waals surface area contributed by atoms with Crippen molar-refractivity contribution < 1.29 is 19.1 Å². The molecule has 4 aromatic rings. The standard InChI is InChI=1S/C32H31NO4/c1-32(2,3)37-30(34)29(19-21-16-17-22-10-4-5-11-23(22)18-21)33-31(35)36-20-28-26-14-8-6-12-24(26)25-13-7-9-15-27(25)28/h4-18,28-29H,19-20H2,1-3H3,(H,33,35)/t29-/m0/s1. The van der Waals surface area contributed by atoms with Gasteiger partial charge < -0.3 is 14.8 Å². The quantitative estimate of drug-likeness (QED) is 0.306. The van der Waals surface area contributed by atoms with Crippen LogP contribution in [0.25, 0.3) is 21.9 Å². The van der Waals surface area contributed by atoms with Crippen molar-refractivity contribution >= 4 is 22.8 Å². The van der Waals surface area contributed by atoms with Crippen LogP contribution in [0, 0.1) is 0 Å². The number of benzene rings is 4. The van der Waals surface area contributed by atoms with E-state index in [1.165, 1.54) is 0 Å². The fourth-order valence-electron chi connectivity index (χ4n) is 4.95. The van der Waals surface area contributed by atoms with Gasteiger partial charge in [-0.15, -0.1) is 0 Å². The van der Waals surface area contributed by atoms with E-state index in [0.717, 1.165) is 38.6 Å². The topological polar surface area (TPSA) is 64.6 Å². The third kappa shape index (κ3) is 5.51. The van der Waals surface area contributed by atoms with Gasteiger partial charge in [-0.05, 0) is 59.4 Å². The smallest absolute Gasteiger partial charge is 0.407 e. The van der Waals surface area contributed by atoms with Crippen LogP contribution in [0.15, 0.2) is 91.0 Å². The Hall–Kier alpha value is -4.12. The number of nitrogens with one attached hydrogen (secondary N) is 1. The third-order valence-corrected chi connectivity index (χ3v) is 6.58. The molecule has 0 heterocycles. The van der Waals surface area contributed by atoms with Crippen LogP contribution in [0.2, 0.25) is 0 Å². The molecule has 5 nitrogen and oxygen atoms in total. The molecule has 1 aliphatic rings. The van der Waals surface area contributed by atoms with E-state index in [1.54, 1.807) is 0 Å². The zero-order chi connectivity index (χ0) is 26.0. The van der Waals surface area contributed by atoms with Gasteiger partial charge in [0.25, 0.3) is 0 Å². The number of rotatable bonds is 6. The van der Waals surface area contributed by atoms with E-state index in [0.29, 0.717) is 6.42 Å². The average Bonchev–Trinajstić information content (AvgIpc) is 3.20.